The van der Waals surface area contributed by atoms with Crippen molar-refractivity contribution in [3.05, 3.63) is 53.5 Å². The summed E-state index contributed by atoms with van der Waals surface area (Å²) >= 11 is 11.6. The Balaban J connectivity index is 0. The van der Waals surface area contributed by atoms with Crippen molar-refractivity contribution in [3.8, 4) is 11.5 Å². The average molecular weight is 693 g/mol. The summed E-state index contributed by atoms with van der Waals surface area (Å²) in [7, 11) is 0.920. The Hall–Kier alpha value is -4.54. The molecule has 20 nitrogen and oxygen atoms in total. The molecule has 23 heteroatoms. The fraction of sp³-hybridized carbons (Fsp3) is 0.286. The second-order valence-electron chi connectivity index (χ2n) is 6.99. The summed E-state index contributed by atoms with van der Waals surface area (Å²) in [6.45, 7) is 1.17. The Morgan fingerprint density at radius 2 is 1.18 bits per heavy atom. The summed E-state index contributed by atoms with van der Waals surface area (Å²) in [4.78, 5) is 54.5. The maximum Gasteiger partial charge on any atom is 0.394 e. The van der Waals surface area contributed by atoms with Crippen LogP contribution in [0.1, 0.15) is 27.6 Å². The van der Waals surface area contributed by atoms with Gasteiger partial charge in [-0.3, -0.25) is 34.1 Å². The summed E-state index contributed by atoms with van der Waals surface area (Å²) in [6.07, 6.45) is 0. The maximum absolute atomic E-state index is 11.6. The second kappa shape index (κ2) is 18.9. The number of benzene rings is 2. The van der Waals surface area contributed by atoms with Crippen molar-refractivity contribution in [1.29, 1.82) is 0 Å². The Morgan fingerprint density at radius 1 is 0.841 bits per heavy atom. The van der Waals surface area contributed by atoms with E-state index < -0.39 is 49.5 Å². The van der Waals surface area contributed by atoms with E-state index in [0.717, 1.165) is 40.6 Å². The highest BCUT2D eigenvalue weighted by Gasteiger charge is 2.31. The van der Waals surface area contributed by atoms with Crippen LogP contribution in [0.5, 0.6) is 11.5 Å². The monoisotopic (exact) mass is 692 g/mol. The number of halogens is 2. The summed E-state index contributed by atoms with van der Waals surface area (Å²) in [5, 5.41) is 31.0. The van der Waals surface area contributed by atoms with Gasteiger partial charge in [0.2, 0.25) is 17.4 Å². The fourth-order valence-corrected chi connectivity index (χ4v) is 3.28. The Morgan fingerprint density at radius 3 is 1.48 bits per heavy atom. The normalized spacial score (nSPS) is 9.70. The first-order valence-corrected chi connectivity index (χ1v) is 12.9. The van der Waals surface area contributed by atoms with Gasteiger partial charge in [-0.25, -0.2) is 9.59 Å². The van der Waals surface area contributed by atoms with E-state index >= 15 is 0 Å². The highest BCUT2D eigenvalue weighted by molar-refractivity contribution is 7.79. The smallest absolute Gasteiger partial charge is 0.394 e. The zero-order valence-electron chi connectivity index (χ0n) is 23.4. The molecule has 2 rings (SSSR count). The number of hydrogen-bond donors (Lipinski definition) is 5. The topological polar surface area (TPSA) is 307 Å². The van der Waals surface area contributed by atoms with E-state index in [9.17, 15) is 34.6 Å². The van der Waals surface area contributed by atoms with E-state index in [1.165, 1.54) is 14.0 Å². The first kappa shape index (κ1) is 41.6. The van der Waals surface area contributed by atoms with Crippen LogP contribution >= 0.6 is 23.2 Å². The van der Waals surface area contributed by atoms with Crippen molar-refractivity contribution < 1.29 is 65.8 Å². The number of carbonyl (C=O) groups excluding carboxylic acids is 3. The average Bonchev–Trinajstić information content (AvgIpc) is 2.93. The molecule has 2 aromatic rings. The minimum Gasteiger partial charge on any atom is -0.489 e. The number of nitrogens with one attached hydrogen (secondary N) is 1. The number of nitrogens with two attached hydrogens (primary N) is 1. The van der Waals surface area contributed by atoms with Crippen LogP contribution in [0.3, 0.4) is 0 Å². The molecule has 0 aliphatic carbocycles. The first-order valence-electron chi connectivity index (χ1n) is 10.7. The predicted molar refractivity (Wildman–Crippen MR) is 153 cm³/mol. The zero-order valence-corrected chi connectivity index (χ0v) is 25.8. The van der Waals surface area contributed by atoms with Crippen molar-refractivity contribution in [1.82, 2.24) is 0 Å². The maximum atomic E-state index is 11.6. The quantitative estimate of drug-likeness (QED) is 0.0914. The van der Waals surface area contributed by atoms with Crippen LogP contribution in [0.4, 0.5) is 22.7 Å². The molecule has 0 fully saturated rings. The van der Waals surface area contributed by atoms with E-state index in [4.69, 9.17) is 61.0 Å². The molecule has 6 N–H and O–H groups in total. The summed E-state index contributed by atoms with van der Waals surface area (Å²) in [5.41, 5.74) is 3.43. The highest BCUT2D eigenvalue weighted by atomic mass is 35.5. The molecule has 246 valence electrons. The molecule has 0 saturated carbocycles. The number of methoxy groups -OCH3 is 4. The summed E-state index contributed by atoms with van der Waals surface area (Å²) < 4.78 is 50.3. The van der Waals surface area contributed by atoms with Crippen LogP contribution in [0, 0.1) is 20.2 Å². The lowest BCUT2D eigenvalue weighted by atomic mass is 10.1. The molecule has 0 atom stereocenters. The number of nitrogen functional groups attached to an aromatic ring is 1. The van der Waals surface area contributed by atoms with Crippen molar-refractivity contribution in [2.24, 2.45) is 0 Å². The molecule has 0 aliphatic heterocycles. The molecular weight excluding hydrogens is 667 g/mol. The standard InChI is InChI=1S/C11H11ClN2O6.C9H9ClN2O5.CH4O.H2O4S/c1-5(15)13-8-7(12)4-6(11(16)20-3)10(19-2)9(8)14(17)18;1-16-8-4(9(13)17-2)3-5(10)6(11)7(8)12(14)15;1-2;1-5(2,3)4/h4H,1-3H3,(H,13,15);3H,11H2,1-2H3;2H,1H3;(H2,1,2,3,4). The Labute approximate surface area is 258 Å². The molecule has 0 aromatic heterocycles. The largest absolute Gasteiger partial charge is 0.489 e. The SMILES string of the molecule is CO.COC(=O)c1cc(Cl)c(N)c([N+](=O)[O-])c1OC.COC(=O)c1cc(Cl)c(NC(C)=O)c([N+](=O)[O-])c1OC.O=S(=O)(O)O. The number of hydrogen-bond acceptors (Lipinski definition) is 15. The number of ether oxygens (including phenoxy) is 4. The van der Waals surface area contributed by atoms with Crippen molar-refractivity contribution in [3.63, 3.8) is 0 Å². The lowest BCUT2D eigenvalue weighted by molar-refractivity contribution is -0.384. The number of aliphatic hydroxyl groups excluding tert-OH is 1. The van der Waals surface area contributed by atoms with Gasteiger partial charge >= 0.3 is 33.7 Å². The van der Waals surface area contributed by atoms with Crippen molar-refractivity contribution in [2.45, 2.75) is 6.92 Å². The number of esters is 2. The van der Waals surface area contributed by atoms with E-state index in [-0.39, 0.29) is 44.0 Å². The number of carbonyl (C=O) groups is 3. The van der Waals surface area contributed by atoms with Gasteiger partial charge in [0.15, 0.2) is 0 Å². The lowest BCUT2D eigenvalue weighted by Crippen LogP contribution is -2.12. The second-order valence-corrected chi connectivity index (χ2v) is 8.70. The van der Waals surface area contributed by atoms with E-state index in [1.54, 1.807) is 0 Å². The Kier molecular flexibility index (Phi) is 17.9. The predicted octanol–water partition coefficient (Wildman–Crippen LogP) is 2.58. The molecule has 0 saturated heterocycles. The van der Waals surface area contributed by atoms with Gasteiger partial charge in [-0.15, -0.1) is 0 Å². The molecule has 44 heavy (non-hydrogen) atoms. The van der Waals surface area contributed by atoms with Crippen LogP contribution < -0.4 is 20.5 Å². The van der Waals surface area contributed by atoms with Crippen molar-refractivity contribution in [2.75, 3.05) is 46.6 Å². The van der Waals surface area contributed by atoms with Crippen LogP contribution in [0.25, 0.3) is 0 Å². The summed E-state index contributed by atoms with van der Waals surface area (Å²) in [6, 6.07) is 2.29. The van der Waals surface area contributed by atoms with E-state index in [0.29, 0.717) is 0 Å². The molecule has 0 unspecified atom stereocenters. The van der Waals surface area contributed by atoms with Gasteiger partial charge in [0.25, 0.3) is 0 Å². The Bertz CT molecular complexity index is 1490. The van der Waals surface area contributed by atoms with Crippen LogP contribution in [0.2, 0.25) is 10.0 Å². The zero-order chi connectivity index (χ0) is 35.1. The number of aliphatic hydroxyl groups is 1. The van der Waals surface area contributed by atoms with E-state index in [2.05, 4.69) is 14.8 Å². The van der Waals surface area contributed by atoms with Gasteiger partial charge in [0.1, 0.15) is 22.5 Å². The molecule has 0 radical (unpaired) electrons. The van der Waals surface area contributed by atoms with Crippen LogP contribution in [-0.2, 0) is 24.7 Å². The molecule has 0 bridgehead atoms. The van der Waals surface area contributed by atoms with Gasteiger partial charge in [0, 0.05) is 14.0 Å². The number of rotatable bonds is 7. The van der Waals surface area contributed by atoms with Crippen molar-refractivity contribution >= 4 is 74.2 Å². The molecule has 2 aromatic carbocycles. The third kappa shape index (κ3) is 12.4. The van der Waals surface area contributed by atoms with Gasteiger partial charge in [0.05, 0.1) is 48.3 Å². The van der Waals surface area contributed by atoms with Gasteiger partial charge in [-0.1, -0.05) is 23.2 Å². The van der Waals surface area contributed by atoms with Gasteiger partial charge < -0.3 is 35.1 Å². The first-order chi connectivity index (χ1) is 20.3. The van der Waals surface area contributed by atoms with E-state index in [1.807, 2.05) is 0 Å². The van der Waals surface area contributed by atoms with Gasteiger partial charge in [-0.05, 0) is 12.1 Å². The van der Waals surface area contributed by atoms with Crippen LogP contribution in [-0.4, -0.2) is 85.9 Å². The molecule has 0 aliphatic rings. The summed E-state index contributed by atoms with van der Waals surface area (Å²) in [5.74, 6) is -2.81. The number of anilines is 2. The highest BCUT2D eigenvalue weighted by Crippen LogP contribution is 2.43. The lowest BCUT2D eigenvalue weighted by Gasteiger charge is -2.12. The minimum absolute atomic E-state index is 0.113. The minimum atomic E-state index is -4.67. The van der Waals surface area contributed by atoms with Gasteiger partial charge in [-0.2, -0.15) is 8.42 Å². The molecular formula is C21H26Cl2N4O16S. The molecule has 0 spiro atoms. The number of nitrogens with zero attached hydrogens (tertiary/aromatic N) is 2. The number of amides is 1. The number of nitro groups is 2. The third-order valence-electron chi connectivity index (χ3n) is 4.33. The molecule has 1 amide bonds. The third-order valence-corrected chi connectivity index (χ3v) is 4.95. The molecule has 0 heterocycles. The number of nitro benzene ring substituents is 2. The fourth-order valence-electron chi connectivity index (χ4n) is 2.84. The van der Waals surface area contributed by atoms with Crippen LogP contribution in [0.15, 0.2) is 12.1 Å².